The molecule has 0 atom stereocenters. The van der Waals surface area contributed by atoms with Crippen molar-refractivity contribution in [3.05, 3.63) is 22.1 Å². The number of pyridine rings is 1. The van der Waals surface area contributed by atoms with Crippen molar-refractivity contribution in [2.24, 2.45) is 0 Å². The zero-order valence-electron chi connectivity index (χ0n) is 12.9. The summed E-state index contributed by atoms with van der Waals surface area (Å²) in [5.41, 5.74) is 8.36. The maximum Gasteiger partial charge on any atom is 0.276 e. The molecule has 2 heterocycles. The second-order valence-corrected chi connectivity index (χ2v) is 5.46. The van der Waals surface area contributed by atoms with Gasteiger partial charge in [-0.25, -0.2) is 0 Å². The molecule has 0 bridgehead atoms. The normalized spacial score (nSPS) is 16.6. The number of nitrogens with two attached hydrogens (primary N) is 1. The molecule has 2 rings (SSSR count). The van der Waals surface area contributed by atoms with Gasteiger partial charge in [0.05, 0.1) is 5.69 Å². The lowest BCUT2D eigenvalue weighted by atomic mass is 10.2. The van der Waals surface area contributed by atoms with Crippen LogP contribution in [-0.2, 0) is 6.54 Å². The van der Waals surface area contributed by atoms with Crippen molar-refractivity contribution in [3.63, 3.8) is 0 Å². The first kappa shape index (κ1) is 14.9. The molecule has 5 nitrogen and oxygen atoms in total. The van der Waals surface area contributed by atoms with Gasteiger partial charge in [-0.05, 0) is 26.0 Å². The number of hydrogen-bond acceptors (Lipinski definition) is 4. The molecule has 1 aliphatic rings. The van der Waals surface area contributed by atoms with Gasteiger partial charge in [-0.15, -0.1) is 0 Å². The molecule has 1 saturated heterocycles. The predicted octanol–water partition coefficient (Wildman–Crippen LogP) is 1.29. The summed E-state index contributed by atoms with van der Waals surface area (Å²) in [6.07, 6.45) is 0.939. The molecule has 1 fully saturated rings. The standard InChI is InChI=1S/C15H26N4O/c1-4-6-19-12(3)11-13(14(16)15(19)20)18-9-7-17(5-2)8-10-18/h11H,4-10,16H2,1-3H3. The fourth-order valence-corrected chi connectivity index (χ4v) is 2.84. The van der Waals surface area contributed by atoms with E-state index >= 15 is 0 Å². The minimum Gasteiger partial charge on any atom is -0.393 e. The van der Waals surface area contributed by atoms with Gasteiger partial charge in [-0.3, -0.25) is 4.79 Å². The van der Waals surface area contributed by atoms with Gasteiger partial charge in [0.15, 0.2) is 0 Å². The van der Waals surface area contributed by atoms with E-state index in [1.54, 1.807) is 4.57 Å². The third-order valence-corrected chi connectivity index (χ3v) is 4.13. The average Bonchev–Trinajstić information content (AvgIpc) is 2.47. The van der Waals surface area contributed by atoms with E-state index in [9.17, 15) is 4.79 Å². The largest absolute Gasteiger partial charge is 0.393 e. The minimum atomic E-state index is -0.0419. The van der Waals surface area contributed by atoms with Crippen molar-refractivity contribution < 1.29 is 0 Å². The lowest BCUT2D eigenvalue weighted by molar-refractivity contribution is 0.271. The van der Waals surface area contributed by atoms with Crippen LogP contribution >= 0.6 is 0 Å². The van der Waals surface area contributed by atoms with Crippen LogP contribution < -0.4 is 16.2 Å². The van der Waals surface area contributed by atoms with Gasteiger partial charge in [0, 0.05) is 38.4 Å². The first-order valence-electron chi connectivity index (χ1n) is 7.55. The third kappa shape index (κ3) is 2.82. The minimum absolute atomic E-state index is 0.0419. The van der Waals surface area contributed by atoms with Crippen LogP contribution in [0.2, 0.25) is 0 Å². The molecular weight excluding hydrogens is 252 g/mol. The fraction of sp³-hybridized carbons (Fsp3) is 0.667. The van der Waals surface area contributed by atoms with Crippen LogP contribution in [-0.4, -0.2) is 42.2 Å². The van der Waals surface area contributed by atoms with E-state index in [1.165, 1.54) is 0 Å². The number of piperazine rings is 1. The summed E-state index contributed by atoms with van der Waals surface area (Å²) in [5.74, 6) is 0. The van der Waals surface area contributed by atoms with E-state index in [2.05, 4.69) is 29.7 Å². The Labute approximate surface area is 121 Å². The first-order valence-corrected chi connectivity index (χ1v) is 7.55. The number of rotatable bonds is 4. The Morgan fingerprint density at radius 1 is 1.20 bits per heavy atom. The molecule has 0 unspecified atom stereocenters. The van der Waals surface area contributed by atoms with Crippen molar-refractivity contribution >= 4 is 11.4 Å². The van der Waals surface area contributed by atoms with Gasteiger partial charge in [0.2, 0.25) is 0 Å². The van der Waals surface area contributed by atoms with Crippen molar-refractivity contribution in [3.8, 4) is 0 Å². The van der Waals surface area contributed by atoms with E-state index in [4.69, 9.17) is 5.73 Å². The summed E-state index contributed by atoms with van der Waals surface area (Å²) < 4.78 is 1.78. The van der Waals surface area contributed by atoms with Crippen LogP contribution in [0.3, 0.4) is 0 Å². The van der Waals surface area contributed by atoms with Gasteiger partial charge in [-0.1, -0.05) is 13.8 Å². The molecule has 0 aliphatic carbocycles. The number of anilines is 2. The zero-order chi connectivity index (χ0) is 14.7. The average molecular weight is 278 g/mol. The molecule has 0 aromatic carbocycles. The second-order valence-electron chi connectivity index (χ2n) is 5.46. The van der Waals surface area contributed by atoms with Crippen LogP contribution in [0.1, 0.15) is 26.0 Å². The highest BCUT2D eigenvalue weighted by Gasteiger charge is 2.20. The maximum atomic E-state index is 12.4. The molecule has 1 aliphatic heterocycles. The molecule has 1 aromatic heterocycles. The van der Waals surface area contributed by atoms with Gasteiger partial charge < -0.3 is 20.1 Å². The zero-order valence-corrected chi connectivity index (χ0v) is 12.9. The lowest BCUT2D eigenvalue weighted by Crippen LogP contribution is -2.47. The monoisotopic (exact) mass is 278 g/mol. The van der Waals surface area contributed by atoms with Crippen molar-refractivity contribution in [2.45, 2.75) is 33.7 Å². The van der Waals surface area contributed by atoms with E-state index in [-0.39, 0.29) is 5.56 Å². The quantitative estimate of drug-likeness (QED) is 0.902. The van der Waals surface area contributed by atoms with E-state index < -0.39 is 0 Å². The highest BCUT2D eigenvalue weighted by Crippen LogP contribution is 2.22. The van der Waals surface area contributed by atoms with Crippen LogP contribution in [0.4, 0.5) is 11.4 Å². The molecule has 112 valence electrons. The summed E-state index contributed by atoms with van der Waals surface area (Å²) >= 11 is 0. The summed E-state index contributed by atoms with van der Waals surface area (Å²) in [6.45, 7) is 12.0. The Bertz CT molecular complexity index is 515. The van der Waals surface area contributed by atoms with E-state index in [0.717, 1.165) is 57.1 Å². The lowest BCUT2D eigenvalue weighted by Gasteiger charge is -2.36. The Hall–Kier alpha value is -1.49. The smallest absolute Gasteiger partial charge is 0.276 e. The Morgan fingerprint density at radius 2 is 1.85 bits per heavy atom. The van der Waals surface area contributed by atoms with Crippen LogP contribution in [0, 0.1) is 6.92 Å². The predicted molar refractivity (Wildman–Crippen MR) is 84.5 cm³/mol. The van der Waals surface area contributed by atoms with Crippen LogP contribution in [0.25, 0.3) is 0 Å². The number of hydrogen-bond donors (Lipinski definition) is 1. The van der Waals surface area contributed by atoms with E-state index in [1.807, 2.05) is 6.92 Å². The number of nitrogen functional groups attached to an aromatic ring is 1. The molecule has 2 N–H and O–H groups in total. The molecule has 0 radical (unpaired) electrons. The SMILES string of the molecule is CCCn1c(C)cc(N2CCN(CC)CC2)c(N)c1=O. The molecule has 0 spiro atoms. The van der Waals surface area contributed by atoms with Gasteiger partial charge in [0.25, 0.3) is 5.56 Å². The van der Waals surface area contributed by atoms with E-state index in [0.29, 0.717) is 5.69 Å². The number of likely N-dealkylation sites (N-methyl/N-ethyl adjacent to an activating group) is 1. The van der Waals surface area contributed by atoms with Crippen molar-refractivity contribution in [1.82, 2.24) is 9.47 Å². The summed E-state index contributed by atoms with van der Waals surface area (Å²) in [4.78, 5) is 17.0. The van der Waals surface area contributed by atoms with Crippen molar-refractivity contribution in [1.29, 1.82) is 0 Å². The first-order chi connectivity index (χ1) is 9.58. The highest BCUT2D eigenvalue weighted by molar-refractivity contribution is 5.67. The van der Waals surface area contributed by atoms with Gasteiger partial charge in [0.1, 0.15) is 5.69 Å². The Balaban J connectivity index is 2.27. The van der Waals surface area contributed by atoms with Crippen molar-refractivity contribution in [2.75, 3.05) is 43.4 Å². The van der Waals surface area contributed by atoms with Gasteiger partial charge in [-0.2, -0.15) is 0 Å². The summed E-state index contributed by atoms with van der Waals surface area (Å²) in [5, 5.41) is 0. The molecule has 0 saturated carbocycles. The Kier molecular flexibility index (Phi) is 4.70. The maximum absolute atomic E-state index is 12.4. The molecule has 0 amide bonds. The van der Waals surface area contributed by atoms with Crippen LogP contribution in [0.15, 0.2) is 10.9 Å². The number of aryl methyl sites for hydroxylation is 1. The Morgan fingerprint density at radius 3 is 2.40 bits per heavy atom. The highest BCUT2D eigenvalue weighted by atomic mass is 16.1. The molecule has 20 heavy (non-hydrogen) atoms. The second kappa shape index (κ2) is 6.31. The summed E-state index contributed by atoms with van der Waals surface area (Å²) in [6, 6.07) is 2.06. The molecule has 5 heteroatoms. The number of nitrogens with zero attached hydrogens (tertiary/aromatic N) is 3. The molecule has 1 aromatic rings. The topological polar surface area (TPSA) is 54.5 Å². The molecular formula is C15H26N4O. The summed E-state index contributed by atoms with van der Waals surface area (Å²) in [7, 11) is 0. The van der Waals surface area contributed by atoms with Gasteiger partial charge >= 0.3 is 0 Å². The third-order valence-electron chi connectivity index (χ3n) is 4.13. The number of aromatic nitrogens is 1. The fourth-order valence-electron chi connectivity index (χ4n) is 2.84. The van der Waals surface area contributed by atoms with Crippen LogP contribution in [0.5, 0.6) is 0 Å².